The van der Waals surface area contributed by atoms with E-state index in [4.69, 9.17) is 5.11 Å². The maximum Gasteiger partial charge on any atom is 0.140 e. The van der Waals surface area contributed by atoms with Gasteiger partial charge < -0.3 is 9.67 Å². The molecule has 1 N–H and O–H groups in total. The molecule has 3 nitrogen and oxygen atoms in total. The van der Waals surface area contributed by atoms with Crippen molar-refractivity contribution in [3.63, 3.8) is 0 Å². The fraction of sp³-hybridized carbons (Fsp3) is 0.438. The monoisotopic (exact) mass is 258 g/mol. The van der Waals surface area contributed by atoms with Crippen molar-refractivity contribution in [3.05, 3.63) is 41.2 Å². The van der Waals surface area contributed by atoms with Gasteiger partial charge in [-0.3, -0.25) is 0 Å². The average molecular weight is 258 g/mol. The zero-order valence-electron chi connectivity index (χ0n) is 12.1. The van der Waals surface area contributed by atoms with Gasteiger partial charge in [0.15, 0.2) is 0 Å². The molecule has 0 aliphatic heterocycles. The van der Waals surface area contributed by atoms with Crippen LogP contribution in [0.3, 0.4) is 0 Å². The summed E-state index contributed by atoms with van der Waals surface area (Å²) < 4.78 is 2.08. The highest BCUT2D eigenvalue weighted by Crippen LogP contribution is 2.24. The van der Waals surface area contributed by atoms with Crippen LogP contribution >= 0.6 is 0 Å². The quantitative estimate of drug-likeness (QED) is 0.915. The van der Waals surface area contributed by atoms with Crippen LogP contribution in [0.4, 0.5) is 0 Å². The number of aliphatic hydroxyl groups is 1. The number of nitrogens with zero attached hydrogens (tertiary/aromatic N) is 2. The minimum atomic E-state index is 0.159. The topological polar surface area (TPSA) is 38.0 Å². The van der Waals surface area contributed by atoms with Gasteiger partial charge in [-0.15, -0.1) is 0 Å². The number of hydrogen-bond acceptors (Lipinski definition) is 2. The van der Waals surface area contributed by atoms with Crippen LogP contribution < -0.4 is 0 Å². The molecule has 0 unspecified atom stereocenters. The van der Waals surface area contributed by atoms with Crippen LogP contribution in [0.5, 0.6) is 0 Å². The van der Waals surface area contributed by atoms with Gasteiger partial charge >= 0.3 is 0 Å². The van der Waals surface area contributed by atoms with Gasteiger partial charge in [0.1, 0.15) is 5.82 Å². The molecule has 0 aliphatic rings. The first-order valence-electron chi connectivity index (χ1n) is 6.78. The van der Waals surface area contributed by atoms with Crippen molar-refractivity contribution in [2.45, 2.75) is 33.1 Å². The molecule has 0 radical (unpaired) electrons. The summed E-state index contributed by atoms with van der Waals surface area (Å²) in [5.41, 5.74) is 4.56. The van der Waals surface area contributed by atoms with Crippen LogP contribution in [0.1, 0.15) is 36.7 Å². The molecule has 1 aromatic carbocycles. The number of aliphatic hydroxyl groups excluding tert-OH is 1. The van der Waals surface area contributed by atoms with Crippen molar-refractivity contribution < 1.29 is 5.11 Å². The number of aromatic nitrogens is 2. The fourth-order valence-corrected chi connectivity index (χ4v) is 2.40. The Balaban J connectivity index is 2.39. The molecule has 0 spiro atoms. The Morgan fingerprint density at radius 2 is 1.84 bits per heavy atom. The molecule has 0 fully saturated rings. The van der Waals surface area contributed by atoms with Gasteiger partial charge in [0, 0.05) is 31.3 Å². The predicted octanol–water partition coefficient (Wildman–Crippen LogP) is 3.05. The summed E-state index contributed by atoms with van der Waals surface area (Å²) in [6, 6.07) is 8.57. The van der Waals surface area contributed by atoms with Crippen LogP contribution in [0, 0.1) is 6.92 Å². The van der Waals surface area contributed by atoms with Crippen LogP contribution in [0.15, 0.2) is 24.3 Å². The first-order valence-corrected chi connectivity index (χ1v) is 6.78. The SMILES string of the molecule is Cc1nc(-c2ccc(C(C)C)cc2)n(C)c1CCO. The number of hydrogen-bond donors (Lipinski definition) is 1. The van der Waals surface area contributed by atoms with Gasteiger partial charge in [-0.25, -0.2) is 4.98 Å². The Morgan fingerprint density at radius 3 is 2.37 bits per heavy atom. The number of benzene rings is 1. The summed E-state index contributed by atoms with van der Waals surface area (Å²) >= 11 is 0. The van der Waals surface area contributed by atoms with Crippen molar-refractivity contribution >= 4 is 0 Å². The van der Waals surface area contributed by atoms with Crippen LogP contribution in [-0.2, 0) is 13.5 Å². The second kappa shape index (κ2) is 5.57. The highest BCUT2D eigenvalue weighted by molar-refractivity contribution is 5.57. The Bertz CT molecular complexity index is 553. The highest BCUT2D eigenvalue weighted by Gasteiger charge is 2.12. The highest BCUT2D eigenvalue weighted by atomic mass is 16.3. The van der Waals surface area contributed by atoms with Crippen LogP contribution in [0.25, 0.3) is 11.4 Å². The number of imidazole rings is 1. The molecule has 0 amide bonds. The summed E-state index contributed by atoms with van der Waals surface area (Å²) in [5.74, 6) is 1.51. The van der Waals surface area contributed by atoms with Gasteiger partial charge in [0.25, 0.3) is 0 Å². The minimum absolute atomic E-state index is 0.159. The molecule has 2 aromatic rings. The normalized spacial score (nSPS) is 11.3. The molecule has 0 bridgehead atoms. The zero-order chi connectivity index (χ0) is 14.0. The molecule has 19 heavy (non-hydrogen) atoms. The lowest BCUT2D eigenvalue weighted by molar-refractivity contribution is 0.296. The van der Waals surface area contributed by atoms with Crippen molar-refractivity contribution in [2.24, 2.45) is 7.05 Å². The zero-order valence-corrected chi connectivity index (χ0v) is 12.1. The molecule has 0 saturated carbocycles. The summed E-state index contributed by atoms with van der Waals surface area (Å²) in [4.78, 5) is 4.63. The molecule has 1 aromatic heterocycles. The molecule has 0 saturated heterocycles. The van der Waals surface area contributed by atoms with E-state index < -0.39 is 0 Å². The predicted molar refractivity (Wildman–Crippen MR) is 78.3 cm³/mol. The molecule has 0 aliphatic carbocycles. The molecule has 2 rings (SSSR count). The summed E-state index contributed by atoms with van der Waals surface area (Å²) in [6.07, 6.45) is 0.652. The molecule has 0 atom stereocenters. The fourth-order valence-electron chi connectivity index (χ4n) is 2.40. The van der Waals surface area contributed by atoms with Crippen molar-refractivity contribution in [3.8, 4) is 11.4 Å². The van der Waals surface area contributed by atoms with E-state index in [9.17, 15) is 0 Å². The van der Waals surface area contributed by atoms with E-state index >= 15 is 0 Å². The smallest absolute Gasteiger partial charge is 0.140 e. The second-order valence-electron chi connectivity index (χ2n) is 5.28. The Kier molecular flexibility index (Phi) is 4.05. The van der Waals surface area contributed by atoms with Gasteiger partial charge in [-0.05, 0) is 18.4 Å². The second-order valence-corrected chi connectivity index (χ2v) is 5.28. The Morgan fingerprint density at radius 1 is 1.21 bits per heavy atom. The lowest BCUT2D eigenvalue weighted by Gasteiger charge is -2.08. The van der Waals surface area contributed by atoms with E-state index in [0.29, 0.717) is 12.3 Å². The van der Waals surface area contributed by atoms with Gasteiger partial charge in [-0.1, -0.05) is 38.1 Å². The van der Waals surface area contributed by atoms with E-state index in [1.54, 1.807) is 0 Å². The summed E-state index contributed by atoms with van der Waals surface area (Å²) in [6.45, 7) is 6.54. The maximum absolute atomic E-state index is 9.10. The molecular weight excluding hydrogens is 236 g/mol. The first-order chi connectivity index (χ1) is 9.04. The third-order valence-electron chi connectivity index (χ3n) is 3.60. The lowest BCUT2D eigenvalue weighted by Crippen LogP contribution is -2.02. The Labute approximate surface area is 114 Å². The van der Waals surface area contributed by atoms with Crippen molar-refractivity contribution in [1.82, 2.24) is 9.55 Å². The maximum atomic E-state index is 9.10. The van der Waals surface area contributed by atoms with E-state index in [0.717, 1.165) is 22.8 Å². The van der Waals surface area contributed by atoms with Gasteiger partial charge in [0.2, 0.25) is 0 Å². The standard InChI is InChI=1S/C16H22N2O/c1-11(2)13-5-7-14(8-6-13)16-17-12(3)15(9-10-19)18(16)4/h5-8,11,19H,9-10H2,1-4H3. The molecule has 3 heteroatoms. The summed E-state index contributed by atoms with van der Waals surface area (Å²) in [5, 5.41) is 9.10. The van der Waals surface area contributed by atoms with E-state index in [1.807, 2.05) is 14.0 Å². The lowest BCUT2D eigenvalue weighted by atomic mass is 10.0. The van der Waals surface area contributed by atoms with Crippen molar-refractivity contribution in [1.29, 1.82) is 0 Å². The third kappa shape index (κ3) is 2.71. The average Bonchev–Trinajstić information content (AvgIpc) is 2.67. The van der Waals surface area contributed by atoms with Crippen LogP contribution in [-0.4, -0.2) is 21.3 Å². The Hall–Kier alpha value is -1.61. The van der Waals surface area contributed by atoms with Gasteiger partial charge in [0.05, 0.1) is 5.69 Å². The van der Waals surface area contributed by atoms with E-state index in [1.165, 1.54) is 5.56 Å². The van der Waals surface area contributed by atoms with Gasteiger partial charge in [-0.2, -0.15) is 0 Å². The minimum Gasteiger partial charge on any atom is -0.396 e. The van der Waals surface area contributed by atoms with E-state index in [2.05, 4.69) is 47.7 Å². The molecule has 1 heterocycles. The third-order valence-corrected chi connectivity index (χ3v) is 3.60. The summed E-state index contributed by atoms with van der Waals surface area (Å²) in [7, 11) is 2.01. The number of rotatable bonds is 4. The number of aryl methyl sites for hydroxylation is 1. The van der Waals surface area contributed by atoms with Crippen molar-refractivity contribution in [2.75, 3.05) is 6.61 Å². The largest absolute Gasteiger partial charge is 0.396 e. The molecular formula is C16H22N2O. The first kappa shape index (κ1) is 13.8. The van der Waals surface area contributed by atoms with Crippen LogP contribution in [0.2, 0.25) is 0 Å². The van der Waals surface area contributed by atoms with E-state index in [-0.39, 0.29) is 6.61 Å². The molecule has 102 valence electrons.